The van der Waals surface area contributed by atoms with Crippen molar-refractivity contribution in [1.82, 2.24) is 20.1 Å². The number of anilines is 1. The van der Waals surface area contributed by atoms with Crippen molar-refractivity contribution in [3.8, 4) is 0 Å². The van der Waals surface area contributed by atoms with Crippen LogP contribution in [0.4, 0.5) is 5.69 Å². The summed E-state index contributed by atoms with van der Waals surface area (Å²) in [4.78, 5) is 24.9. The number of carbonyl (C=O) groups is 2. The molecule has 0 bridgehead atoms. The minimum absolute atomic E-state index is 0.0962. The van der Waals surface area contributed by atoms with E-state index in [4.69, 9.17) is 23.2 Å². The van der Waals surface area contributed by atoms with E-state index in [2.05, 4.69) is 27.4 Å². The number of nitrogens with one attached hydrogen (secondary N) is 2. The molecule has 0 aliphatic heterocycles. The van der Waals surface area contributed by atoms with Crippen molar-refractivity contribution in [2.24, 2.45) is 0 Å². The quantitative estimate of drug-likeness (QED) is 0.326. The van der Waals surface area contributed by atoms with Crippen LogP contribution in [0.15, 0.2) is 66.3 Å². The van der Waals surface area contributed by atoms with Gasteiger partial charge in [0.15, 0.2) is 11.0 Å². The van der Waals surface area contributed by atoms with Gasteiger partial charge in [-0.1, -0.05) is 59.2 Å². The van der Waals surface area contributed by atoms with Gasteiger partial charge in [-0.3, -0.25) is 9.59 Å². The van der Waals surface area contributed by atoms with E-state index in [0.29, 0.717) is 38.8 Å². The molecule has 0 radical (unpaired) electrons. The number of halogens is 2. The number of rotatable bonds is 9. The Morgan fingerprint density at radius 3 is 2.62 bits per heavy atom. The molecule has 2 N–H and O–H groups in total. The second-order valence-corrected chi connectivity index (χ2v) is 8.55. The summed E-state index contributed by atoms with van der Waals surface area (Å²) in [6.07, 6.45) is 1.70. The van der Waals surface area contributed by atoms with E-state index in [1.165, 1.54) is 11.8 Å². The lowest BCUT2D eigenvalue weighted by atomic mass is 10.2. The molecule has 3 rings (SSSR count). The van der Waals surface area contributed by atoms with Crippen molar-refractivity contribution in [3.63, 3.8) is 0 Å². The Hall–Kier alpha value is -2.81. The number of benzene rings is 2. The minimum Gasteiger partial charge on any atom is -0.342 e. The predicted molar refractivity (Wildman–Crippen MR) is 128 cm³/mol. The molecule has 2 aromatic carbocycles. The number of hydrogen-bond donors (Lipinski definition) is 2. The Bertz CT molecular complexity index is 1120. The summed E-state index contributed by atoms with van der Waals surface area (Å²) in [6.45, 7) is 6.03. The molecule has 7 nitrogen and oxygen atoms in total. The van der Waals surface area contributed by atoms with Crippen LogP contribution in [0, 0.1) is 0 Å². The zero-order valence-electron chi connectivity index (χ0n) is 17.2. The molecule has 10 heteroatoms. The normalized spacial score (nSPS) is 11.6. The standard InChI is InChI=1S/C22H21Cl2N5O2S/c1-3-11-29-20(14(2)25-21(31)15-7-5-4-6-8-15)27-28-22(29)32-13-19(30)26-18-10-9-16(23)12-17(18)24/h3-10,12,14H,1,11,13H2,2H3,(H,25,31)(H,26,30)/t14-/m0/s1. The largest absolute Gasteiger partial charge is 0.342 e. The summed E-state index contributed by atoms with van der Waals surface area (Å²) in [5, 5.41) is 15.5. The van der Waals surface area contributed by atoms with Crippen LogP contribution in [-0.2, 0) is 11.3 Å². The molecular weight excluding hydrogens is 469 g/mol. The second kappa shape index (κ2) is 11.2. The number of nitrogens with zero attached hydrogens (tertiary/aromatic N) is 3. The van der Waals surface area contributed by atoms with Gasteiger partial charge < -0.3 is 15.2 Å². The maximum absolute atomic E-state index is 12.5. The van der Waals surface area contributed by atoms with Crippen molar-refractivity contribution in [2.75, 3.05) is 11.1 Å². The third-order valence-electron chi connectivity index (χ3n) is 4.37. The van der Waals surface area contributed by atoms with Crippen molar-refractivity contribution in [3.05, 3.63) is 82.6 Å². The predicted octanol–water partition coefficient (Wildman–Crippen LogP) is 4.99. The molecule has 0 spiro atoms. The van der Waals surface area contributed by atoms with Crippen molar-refractivity contribution >= 4 is 52.5 Å². The summed E-state index contributed by atoms with van der Waals surface area (Å²) in [5.41, 5.74) is 1.04. The Morgan fingerprint density at radius 2 is 1.94 bits per heavy atom. The first kappa shape index (κ1) is 23.8. The molecule has 32 heavy (non-hydrogen) atoms. The fourth-order valence-corrected chi connectivity index (χ4v) is 4.08. The zero-order chi connectivity index (χ0) is 23.1. The number of allylic oxidation sites excluding steroid dienone is 1. The van der Waals surface area contributed by atoms with Crippen LogP contribution >= 0.6 is 35.0 Å². The molecule has 1 heterocycles. The molecule has 0 aliphatic rings. The molecule has 0 saturated carbocycles. The summed E-state index contributed by atoms with van der Waals surface area (Å²) in [6, 6.07) is 13.4. The molecule has 1 atom stereocenters. The fourth-order valence-electron chi connectivity index (χ4n) is 2.87. The molecular formula is C22H21Cl2N5O2S. The van der Waals surface area contributed by atoms with E-state index >= 15 is 0 Å². The highest BCUT2D eigenvalue weighted by atomic mass is 35.5. The highest BCUT2D eigenvalue weighted by molar-refractivity contribution is 7.99. The van der Waals surface area contributed by atoms with E-state index in [1.807, 2.05) is 17.6 Å². The zero-order valence-corrected chi connectivity index (χ0v) is 19.5. The number of thioether (sulfide) groups is 1. The van der Waals surface area contributed by atoms with E-state index in [9.17, 15) is 9.59 Å². The number of aromatic nitrogens is 3. The van der Waals surface area contributed by atoms with Gasteiger partial charge in [-0.25, -0.2) is 0 Å². The Morgan fingerprint density at radius 1 is 1.19 bits per heavy atom. The molecule has 3 aromatic rings. The molecule has 0 saturated heterocycles. The van der Waals surface area contributed by atoms with Gasteiger partial charge >= 0.3 is 0 Å². The lowest BCUT2D eigenvalue weighted by Crippen LogP contribution is -2.28. The lowest BCUT2D eigenvalue weighted by molar-refractivity contribution is -0.113. The van der Waals surface area contributed by atoms with Gasteiger partial charge in [-0.05, 0) is 37.3 Å². The first-order valence-corrected chi connectivity index (χ1v) is 11.4. The van der Waals surface area contributed by atoms with Crippen LogP contribution in [0.1, 0.15) is 29.1 Å². The van der Waals surface area contributed by atoms with Gasteiger partial charge in [0.25, 0.3) is 5.91 Å². The van der Waals surface area contributed by atoms with Gasteiger partial charge in [-0.2, -0.15) is 0 Å². The van der Waals surface area contributed by atoms with Crippen LogP contribution in [0.5, 0.6) is 0 Å². The Labute approximate surface area is 200 Å². The van der Waals surface area contributed by atoms with E-state index in [0.717, 1.165) is 0 Å². The SMILES string of the molecule is C=CCn1c(SCC(=O)Nc2ccc(Cl)cc2Cl)nnc1[C@H](C)NC(=O)c1ccccc1. The van der Waals surface area contributed by atoms with E-state index < -0.39 is 6.04 Å². The summed E-state index contributed by atoms with van der Waals surface area (Å²) >= 11 is 13.2. The van der Waals surface area contributed by atoms with Crippen molar-refractivity contribution < 1.29 is 9.59 Å². The van der Waals surface area contributed by atoms with Gasteiger partial charge in [0, 0.05) is 17.1 Å². The van der Waals surface area contributed by atoms with Crippen LogP contribution in [-0.4, -0.2) is 32.3 Å². The number of amides is 2. The molecule has 166 valence electrons. The maximum Gasteiger partial charge on any atom is 0.251 e. The maximum atomic E-state index is 12.5. The summed E-state index contributed by atoms with van der Waals surface area (Å²) in [5.74, 6) is 0.204. The van der Waals surface area contributed by atoms with E-state index in [1.54, 1.807) is 48.5 Å². The number of hydrogen-bond acceptors (Lipinski definition) is 5. The average Bonchev–Trinajstić information content (AvgIpc) is 3.18. The van der Waals surface area contributed by atoms with Crippen molar-refractivity contribution in [1.29, 1.82) is 0 Å². The monoisotopic (exact) mass is 489 g/mol. The number of carbonyl (C=O) groups excluding carboxylic acids is 2. The summed E-state index contributed by atoms with van der Waals surface area (Å²) in [7, 11) is 0. The first-order valence-electron chi connectivity index (χ1n) is 9.66. The van der Waals surface area contributed by atoms with Gasteiger partial charge in [0.2, 0.25) is 5.91 Å². The molecule has 1 aromatic heterocycles. The highest BCUT2D eigenvalue weighted by Crippen LogP contribution is 2.26. The first-order chi connectivity index (χ1) is 15.4. The molecule has 0 fully saturated rings. The smallest absolute Gasteiger partial charge is 0.251 e. The lowest BCUT2D eigenvalue weighted by Gasteiger charge is -2.15. The Balaban J connectivity index is 1.66. The topological polar surface area (TPSA) is 88.9 Å². The van der Waals surface area contributed by atoms with Gasteiger partial charge in [-0.15, -0.1) is 16.8 Å². The minimum atomic E-state index is -0.397. The van der Waals surface area contributed by atoms with Gasteiger partial charge in [0.05, 0.1) is 22.5 Å². The van der Waals surface area contributed by atoms with Crippen LogP contribution in [0.25, 0.3) is 0 Å². The second-order valence-electron chi connectivity index (χ2n) is 6.76. The highest BCUT2D eigenvalue weighted by Gasteiger charge is 2.20. The average molecular weight is 490 g/mol. The van der Waals surface area contributed by atoms with E-state index in [-0.39, 0.29) is 17.6 Å². The fraction of sp³-hybridized carbons (Fsp3) is 0.182. The van der Waals surface area contributed by atoms with Crippen LogP contribution < -0.4 is 10.6 Å². The third-order valence-corrected chi connectivity index (χ3v) is 5.88. The molecule has 0 unspecified atom stereocenters. The van der Waals surface area contributed by atoms with Crippen molar-refractivity contribution in [2.45, 2.75) is 24.7 Å². The molecule has 2 amide bonds. The van der Waals surface area contributed by atoms with Gasteiger partial charge in [0.1, 0.15) is 0 Å². The van der Waals surface area contributed by atoms with Crippen LogP contribution in [0.3, 0.4) is 0 Å². The van der Waals surface area contributed by atoms with Crippen LogP contribution in [0.2, 0.25) is 10.0 Å². The molecule has 0 aliphatic carbocycles. The third kappa shape index (κ3) is 6.12. The Kier molecular flexibility index (Phi) is 8.33. The summed E-state index contributed by atoms with van der Waals surface area (Å²) < 4.78 is 1.82.